The topological polar surface area (TPSA) is 121 Å². The van der Waals surface area contributed by atoms with Gasteiger partial charge in [-0.2, -0.15) is 0 Å². The van der Waals surface area contributed by atoms with Gasteiger partial charge in [0.25, 0.3) is 5.69 Å². The number of para-hydroxylation sites is 1. The van der Waals surface area contributed by atoms with E-state index in [4.69, 9.17) is 16.2 Å². The van der Waals surface area contributed by atoms with E-state index in [9.17, 15) is 14.9 Å². The second-order valence-electron chi connectivity index (χ2n) is 5.03. The monoisotopic (exact) mass is 315 g/mol. The summed E-state index contributed by atoms with van der Waals surface area (Å²) in [6.45, 7) is 0.0945. The van der Waals surface area contributed by atoms with Gasteiger partial charge >= 0.3 is 0 Å². The number of amides is 1. The van der Waals surface area contributed by atoms with Crippen LogP contribution in [0.5, 0.6) is 5.75 Å². The van der Waals surface area contributed by atoms with Crippen LogP contribution in [0.1, 0.15) is 11.1 Å². The molecule has 0 aromatic heterocycles. The van der Waals surface area contributed by atoms with Crippen LogP contribution in [0.3, 0.4) is 0 Å². The van der Waals surface area contributed by atoms with Gasteiger partial charge in [-0.3, -0.25) is 14.9 Å². The van der Waals surface area contributed by atoms with Crippen LogP contribution in [0.2, 0.25) is 0 Å². The third-order valence-electron chi connectivity index (χ3n) is 3.33. The Balaban J connectivity index is 1.99. The zero-order valence-corrected chi connectivity index (χ0v) is 12.3. The lowest BCUT2D eigenvalue weighted by Crippen LogP contribution is -2.38. The quantitative estimate of drug-likeness (QED) is 0.592. The summed E-state index contributed by atoms with van der Waals surface area (Å²) < 4.78 is 5.56. The molecule has 2 rings (SSSR count). The van der Waals surface area contributed by atoms with E-state index in [2.05, 4.69) is 0 Å². The molecule has 1 atom stereocenters. The first-order valence-electron chi connectivity index (χ1n) is 6.96. The smallest absolute Gasteiger partial charge is 0.276 e. The van der Waals surface area contributed by atoms with Gasteiger partial charge in [0.1, 0.15) is 12.4 Å². The average Bonchev–Trinajstić information content (AvgIpc) is 2.54. The van der Waals surface area contributed by atoms with Crippen molar-refractivity contribution in [2.75, 3.05) is 0 Å². The number of carbonyl (C=O) groups is 1. The van der Waals surface area contributed by atoms with E-state index < -0.39 is 16.9 Å². The molecule has 1 unspecified atom stereocenters. The van der Waals surface area contributed by atoms with Crippen LogP contribution >= 0.6 is 0 Å². The van der Waals surface area contributed by atoms with E-state index in [0.717, 1.165) is 5.56 Å². The molecule has 0 heterocycles. The number of hydrogen-bond donors (Lipinski definition) is 2. The summed E-state index contributed by atoms with van der Waals surface area (Å²) in [5, 5.41) is 10.9. The summed E-state index contributed by atoms with van der Waals surface area (Å²) in [4.78, 5) is 21.4. The predicted molar refractivity (Wildman–Crippen MR) is 84.7 cm³/mol. The van der Waals surface area contributed by atoms with Gasteiger partial charge in [-0.05, 0) is 30.2 Å². The SMILES string of the molecule is NC(=O)C(N)Cc1ccc(OCc2ccccc2[N+](=O)[O-])cc1. The van der Waals surface area contributed by atoms with Gasteiger partial charge in [0.2, 0.25) is 5.91 Å². The van der Waals surface area contributed by atoms with Gasteiger partial charge in [-0.15, -0.1) is 0 Å². The Kier molecular flexibility index (Phi) is 5.27. The molecule has 0 saturated heterocycles. The van der Waals surface area contributed by atoms with Crippen molar-refractivity contribution in [2.24, 2.45) is 11.5 Å². The van der Waals surface area contributed by atoms with Crippen molar-refractivity contribution in [3.8, 4) is 5.75 Å². The molecule has 0 aliphatic carbocycles. The molecule has 120 valence electrons. The van der Waals surface area contributed by atoms with Crippen molar-refractivity contribution < 1.29 is 14.5 Å². The minimum Gasteiger partial charge on any atom is -0.489 e. The normalized spacial score (nSPS) is 11.7. The fourth-order valence-corrected chi connectivity index (χ4v) is 2.05. The predicted octanol–water partition coefficient (Wildman–Crippen LogP) is 1.53. The summed E-state index contributed by atoms with van der Waals surface area (Å²) in [5.41, 5.74) is 12.1. The maximum absolute atomic E-state index is 10.9. The van der Waals surface area contributed by atoms with Gasteiger partial charge in [-0.1, -0.05) is 24.3 Å². The van der Waals surface area contributed by atoms with Crippen LogP contribution < -0.4 is 16.2 Å². The number of carbonyl (C=O) groups excluding carboxylic acids is 1. The second-order valence-corrected chi connectivity index (χ2v) is 5.03. The summed E-state index contributed by atoms with van der Waals surface area (Å²) in [6, 6.07) is 12.7. The summed E-state index contributed by atoms with van der Waals surface area (Å²) >= 11 is 0. The van der Waals surface area contributed by atoms with Crippen LogP contribution in [-0.4, -0.2) is 16.9 Å². The largest absolute Gasteiger partial charge is 0.489 e. The van der Waals surface area contributed by atoms with Crippen LogP contribution in [0, 0.1) is 10.1 Å². The highest BCUT2D eigenvalue weighted by atomic mass is 16.6. The number of benzene rings is 2. The third-order valence-corrected chi connectivity index (χ3v) is 3.33. The molecule has 2 aromatic rings. The molecular weight excluding hydrogens is 298 g/mol. The lowest BCUT2D eigenvalue weighted by Gasteiger charge is -2.09. The van der Waals surface area contributed by atoms with E-state index in [-0.39, 0.29) is 12.3 Å². The molecule has 0 aliphatic rings. The Morgan fingerprint density at radius 3 is 2.43 bits per heavy atom. The molecule has 0 bridgehead atoms. The van der Waals surface area contributed by atoms with Crippen molar-refractivity contribution >= 4 is 11.6 Å². The Bertz CT molecular complexity index is 701. The zero-order chi connectivity index (χ0) is 16.8. The summed E-state index contributed by atoms with van der Waals surface area (Å²) in [5.74, 6) is 0.0151. The van der Waals surface area contributed by atoms with Crippen molar-refractivity contribution in [2.45, 2.75) is 19.1 Å². The Labute approximate surface area is 133 Å². The molecule has 7 heteroatoms. The Morgan fingerprint density at radius 2 is 1.83 bits per heavy atom. The Morgan fingerprint density at radius 1 is 1.17 bits per heavy atom. The molecule has 0 spiro atoms. The average molecular weight is 315 g/mol. The van der Waals surface area contributed by atoms with Gasteiger partial charge in [0.15, 0.2) is 0 Å². The van der Waals surface area contributed by atoms with E-state index >= 15 is 0 Å². The molecule has 0 radical (unpaired) electrons. The number of nitrogens with zero attached hydrogens (tertiary/aromatic N) is 1. The van der Waals surface area contributed by atoms with Crippen molar-refractivity contribution in [3.05, 3.63) is 69.8 Å². The molecule has 0 fully saturated rings. The molecule has 0 aliphatic heterocycles. The number of primary amides is 1. The van der Waals surface area contributed by atoms with E-state index in [1.807, 2.05) is 0 Å². The fraction of sp³-hybridized carbons (Fsp3) is 0.188. The highest BCUT2D eigenvalue weighted by Crippen LogP contribution is 2.20. The fourth-order valence-electron chi connectivity index (χ4n) is 2.05. The number of nitro groups is 1. The van der Waals surface area contributed by atoms with E-state index in [0.29, 0.717) is 17.7 Å². The number of hydrogen-bond acceptors (Lipinski definition) is 5. The molecule has 23 heavy (non-hydrogen) atoms. The highest BCUT2D eigenvalue weighted by Gasteiger charge is 2.13. The first-order valence-corrected chi connectivity index (χ1v) is 6.96. The van der Waals surface area contributed by atoms with Crippen molar-refractivity contribution in [3.63, 3.8) is 0 Å². The first-order chi connectivity index (χ1) is 11.0. The lowest BCUT2D eigenvalue weighted by molar-refractivity contribution is -0.385. The van der Waals surface area contributed by atoms with Gasteiger partial charge in [-0.25, -0.2) is 0 Å². The molecular formula is C16H17N3O4. The van der Waals surface area contributed by atoms with Crippen molar-refractivity contribution in [1.29, 1.82) is 0 Å². The maximum atomic E-state index is 10.9. The molecule has 4 N–H and O–H groups in total. The number of ether oxygens (including phenoxy) is 1. The first kappa shape index (κ1) is 16.4. The maximum Gasteiger partial charge on any atom is 0.276 e. The Hall–Kier alpha value is -2.93. The van der Waals surface area contributed by atoms with Gasteiger partial charge in [0.05, 0.1) is 16.5 Å². The van der Waals surface area contributed by atoms with E-state index in [1.54, 1.807) is 42.5 Å². The zero-order valence-electron chi connectivity index (χ0n) is 12.3. The van der Waals surface area contributed by atoms with Gasteiger partial charge in [0, 0.05) is 6.07 Å². The number of nitro benzene ring substituents is 1. The standard InChI is InChI=1S/C16H17N3O4/c17-14(16(18)20)9-11-5-7-13(8-6-11)23-10-12-3-1-2-4-15(12)19(21)22/h1-8,14H,9-10,17H2,(H2,18,20). The minimum atomic E-state index is -0.728. The summed E-state index contributed by atoms with van der Waals surface area (Å²) in [7, 11) is 0. The molecule has 0 saturated carbocycles. The van der Waals surface area contributed by atoms with Crippen molar-refractivity contribution in [1.82, 2.24) is 0 Å². The minimum absolute atomic E-state index is 0.0246. The number of rotatable bonds is 7. The van der Waals surface area contributed by atoms with Crippen LogP contribution in [0.4, 0.5) is 5.69 Å². The van der Waals surface area contributed by atoms with E-state index in [1.165, 1.54) is 6.07 Å². The highest BCUT2D eigenvalue weighted by molar-refractivity contribution is 5.79. The lowest BCUT2D eigenvalue weighted by atomic mass is 10.1. The van der Waals surface area contributed by atoms with Crippen LogP contribution in [0.15, 0.2) is 48.5 Å². The van der Waals surface area contributed by atoms with Crippen LogP contribution in [0.25, 0.3) is 0 Å². The number of nitrogens with two attached hydrogens (primary N) is 2. The summed E-state index contributed by atoms with van der Waals surface area (Å²) in [6.07, 6.45) is 0.347. The molecule has 7 nitrogen and oxygen atoms in total. The molecule has 1 amide bonds. The third kappa shape index (κ3) is 4.52. The van der Waals surface area contributed by atoms with Crippen LogP contribution in [-0.2, 0) is 17.8 Å². The second kappa shape index (κ2) is 7.37. The van der Waals surface area contributed by atoms with Gasteiger partial charge < -0.3 is 16.2 Å². The molecule has 2 aromatic carbocycles.